The van der Waals surface area contributed by atoms with Crippen LogP contribution in [-0.4, -0.2) is 110 Å². The van der Waals surface area contributed by atoms with Crippen LogP contribution in [-0.2, 0) is 37.9 Å². The number of aliphatic hydroxyl groups is 1. The fraction of sp³-hybridized carbons (Fsp3) is 0.516. The zero-order valence-corrected chi connectivity index (χ0v) is 29.3. The number of aldehydes is 1. The van der Waals surface area contributed by atoms with Gasteiger partial charge in [-0.2, -0.15) is 0 Å². The number of carbonyl (C=O) groups is 3. The van der Waals surface area contributed by atoms with Crippen molar-refractivity contribution < 1.29 is 33.4 Å². The Labute approximate surface area is 277 Å². The molecule has 0 aromatic heterocycles. The van der Waals surface area contributed by atoms with Gasteiger partial charge in [-0.25, -0.2) is 4.39 Å². The number of nitrogens with one attached hydrogen (secondary N) is 1. The largest absolute Gasteiger partial charge is 0.488 e. The molecule has 3 rings (SSSR count). The Morgan fingerprint density at radius 2 is 1.74 bits per heavy atom. The van der Waals surface area contributed by atoms with E-state index in [0.717, 1.165) is 29.8 Å². The maximum atomic E-state index is 15.4. The molecule has 0 saturated carbocycles. The minimum absolute atomic E-state index is 0.139. The fourth-order valence-electron chi connectivity index (χ4n) is 6.63. The van der Waals surface area contributed by atoms with Crippen LogP contribution in [0.25, 0.3) is 0 Å². The van der Waals surface area contributed by atoms with E-state index >= 15 is 4.39 Å². The highest BCUT2D eigenvalue weighted by Crippen LogP contribution is 2.47. The van der Waals surface area contributed by atoms with E-state index in [9.17, 15) is 19.5 Å². The predicted octanol–water partition coefficient (Wildman–Crippen LogP) is -1.63. The number of aryl methyl sites for hydroxylation is 1. The molecule has 2 unspecified atom stereocenters. The van der Waals surface area contributed by atoms with Crippen LogP contribution in [0.1, 0.15) is 49.9 Å². The number of hydrogen-bond acceptors (Lipinski definition) is 7. The summed E-state index contributed by atoms with van der Waals surface area (Å²) in [6.45, 7) is 11.8. The molecule has 15 heteroatoms. The molecule has 1 aliphatic rings. The minimum Gasteiger partial charge on any atom is -0.488 e. The van der Waals surface area contributed by atoms with Gasteiger partial charge in [-0.15, -0.1) is 0 Å². The van der Waals surface area contributed by atoms with E-state index in [1.807, 2.05) is 6.07 Å². The Morgan fingerprint density at radius 3 is 2.26 bits per heavy atom. The second-order valence-corrected chi connectivity index (χ2v) is 15.0. The molecule has 2 N–H and O–H groups in total. The molecular weight excluding hydrogens is 583 g/mol. The quantitative estimate of drug-likeness (QED) is 0.156. The van der Waals surface area contributed by atoms with Crippen molar-refractivity contribution in [3.63, 3.8) is 0 Å². The van der Waals surface area contributed by atoms with Gasteiger partial charge >= 0.3 is 0 Å². The highest BCUT2D eigenvalue weighted by atomic mass is 19.1. The number of rotatable bonds is 13. The standard InChI is InChI=1S/C31H47B5FN3O6/c1-19-8-7-9-23(24(19)31(36,44)40(18-42)25(26(43)38-6)30(34,35)29(32,33)17-41)45-14-21-11-10-20(12-22(21)37)13-39-15-27(2,3)46-28(4,5)16-39/h7-12,17-18,25,44H,13-16,32-36H2,1-6H3,(H,38,43). The van der Waals surface area contributed by atoms with E-state index in [1.54, 1.807) is 62.6 Å². The summed E-state index contributed by atoms with van der Waals surface area (Å²) in [6.07, 6.45) is 1.15. The number of likely N-dealkylation sites (N-methyl/N-ethyl adjacent to an activating group) is 1. The van der Waals surface area contributed by atoms with Crippen LogP contribution in [0, 0.1) is 12.7 Å². The van der Waals surface area contributed by atoms with Gasteiger partial charge < -0.3 is 29.6 Å². The number of morpholine rings is 1. The lowest BCUT2D eigenvalue weighted by atomic mass is 9.28. The minimum atomic E-state index is -2.06. The molecule has 0 bridgehead atoms. The number of carbonyl (C=O) groups excluding carboxylic acids is 3. The molecule has 0 spiro atoms. The fourth-order valence-corrected chi connectivity index (χ4v) is 6.63. The van der Waals surface area contributed by atoms with Crippen LogP contribution in [0.15, 0.2) is 36.4 Å². The molecule has 0 aliphatic carbocycles. The van der Waals surface area contributed by atoms with Gasteiger partial charge in [-0.1, -0.05) is 29.5 Å². The van der Waals surface area contributed by atoms with Crippen LogP contribution in [0.5, 0.6) is 5.75 Å². The van der Waals surface area contributed by atoms with E-state index in [1.165, 1.54) is 21.0 Å². The average Bonchev–Trinajstić information content (AvgIpc) is 2.92. The molecule has 2 amide bonds. The number of ether oxygens (including phenoxy) is 2. The van der Waals surface area contributed by atoms with E-state index in [4.69, 9.17) is 9.47 Å². The normalized spacial score (nSPS) is 18.5. The molecule has 1 saturated heterocycles. The van der Waals surface area contributed by atoms with Crippen LogP contribution in [0.2, 0.25) is 10.4 Å². The summed E-state index contributed by atoms with van der Waals surface area (Å²) in [5.41, 5.74) is -0.713. The number of amides is 2. The van der Waals surface area contributed by atoms with Gasteiger partial charge in [-0.05, 0) is 63.1 Å². The van der Waals surface area contributed by atoms with Gasteiger partial charge in [0.25, 0.3) is 0 Å². The zero-order chi connectivity index (χ0) is 34.9. The van der Waals surface area contributed by atoms with E-state index < -0.39 is 33.8 Å². The number of halogens is 1. The van der Waals surface area contributed by atoms with Gasteiger partial charge in [0, 0.05) is 37.8 Å². The molecule has 9 nitrogen and oxygen atoms in total. The van der Waals surface area contributed by atoms with E-state index in [-0.39, 0.29) is 29.1 Å². The van der Waals surface area contributed by atoms with Crippen LogP contribution in [0.3, 0.4) is 0 Å². The van der Waals surface area contributed by atoms with Crippen molar-refractivity contribution in [3.8, 4) is 5.75 Å². The Bertz CT molecular complexity index is 1440. The summed E-state index contributed by atoms with van der Waals surface area (Å²) in [7, 11) is 9.60. The Kier molecular flexibility index (Phi) is 11.1. The van der Waals surface area contributed by atoms with Crippen LogP contribution >= 0.6 is 0 Å². The van der Waals surface area contributed by atoms with Crippen molar-refractivity contribution in [3.05, 3.63) is 64.5 Å². The molecule has 2 aromatic rings. The molecule has 46 heavy (non-hydrogen) atoms. The zero-order valence-electron chi connectivity index (χ0n) is 29.3. The summed E-state index contributed by atoms with van der Waals surface area (Å²) in [5, 5.41) is 12.5. The Morgan fingerprint density at radius 1 is 1.13 bits per heavy atom. The number of nitrogens with zero attached hydrogens (tertiary/aromatic N) is 2. The monoisotopic (exact) mass is 631 g/mol. The van der Waals surface area contributed by atoms with Crippen LogP contribution < -0.4 is 10.1 Å². The third-order valence-corrected chi connectivity index (χ3v) is 9.40. The molecular formula is C31H47B5FN3O6. The van der Waals surface area contributed by atoms with Crippen molar-refractivity contribution in [2.45, 2.75) is 81.1 Å². The van der Waals surface area contributed by atoms with E-state index in [2.05, 4.69) is 37.9 Å². The predicted molar refractivity (Wildman–Crippen MR) is 190 cm³/mol. The number of benzene rings is 2. The van der Waals surface area contributed by atoms with Crippen molar-refractivity contribution in [2.24, 2.45) is 0 Å². The van der Waals surface area contributed by atoms with Crippen LogP contribution in [0.4, 0.5) is 4.39 Å². The summed E-state index contributed by atoms with van der Waals surface area (Å²) in [4.78, 5) is 41.4. The smallest absolute Gasteiger partial charge is 0.241 e. The molecule has 0 radical (unpaired) electrons. The first-order chi connectivity index (χ1) is 21.1. The van der Waals surface area contributed by atoms with E-state index in [0.29, 0.717) is 24.1 Å². The third-order valence-electron chi connectivity index (χ3n) is 9.40. The summed E-state index contributed by atoms with van der Waals surface area (Å²) in [6, 6.07) is 8.95. The van der Waals surface area contributed by atoms with Gasteiger partial charge in [0.05, 0.1) is 11.2 Å². The Hall–Kier alpha value is -3.02. The molecule has 1 aliphatic heterocycles. The first-order valence-corrected chi connectivity index (χ1v) is 15.7. The van der Waals surface area contributed by atoms with Gasteiger partial charge in [-0.3, -0.25) is 14.5 Å². The van der Waals surface area contributed by atoms with Gasteiger partial charge in [0.1, 0.15) is 67.5 Å². The SMILES string of the molecule is BC(O)(c1c(C)cccc1OCc1ccc(CN2CC(C)(C)OC(C)(C)C2)cc1F)N(C=O)C(C(=O)NC)C(B)(B)C(B)(B)C=O. The average molecular weight is 631 g/mol. The summed E-state index contributed by atoms with van der Waals surface area (Å²) >= 11 is 0. The highest BCUT2D eigenvalue weighted by molar-refractivity contribution is 6.60. The van der Waals surface area contributed by atoms with Crippen molar-refractivity contribution in [2.75, 3.05) is 20.1 Å². The first kappa shape index (κ1) is 37.4. The Balaban J connectivity index is 1.92. The third kappa shape index (κ3) is 7.92. The second kappa shape index (κ2) is 13.6. The van der Waals surface area contributed by atoms with Gasteiger partial charge in [0.2, 0.25) is 12.3 Å². The number of hydrogen-bond donors (Lipinski definition) is 2. The molecule has 2 aromatic carbocycles. The molecule has 1 fully saturated rings. The van der Waals surface area contributed by atoms with Crippen molar-refractivity contribution in [1.82, 2.24) is 15.1 Å². The molecule has 244 valence electrons. The topological polar surface area (TPSA) is 108 Å². The van der Waals surface area contributed by atoms with Crippen molar-refractivity contribution >= 4 is 57.8 Å². The van der Waals surface area contributed by atoms with Gasteiger partial charge in [0.15, 0.2) is 7.85 Å². The molecule has 2 atom stereocenters. The lowest BCUT2D eigenvalue weighted by Gasteiger charge is -2.51. The summed E-state index contributed by atoms with van der Waals surface area (Å²) < 4.78 is 27.7. The maximum Gasteiger partial charge on any atom is 0.241 e. The highest BCUT2D eigenvalue weighted by Gasteiger charge is 2.52. The van der Waals surface area contributed by atoms with Crippen molar-refractivity contribution in [1.29, 1.82) is 0 Å². The maximum absolute atomic E-state index is 15.4. The first-order valence-electron chi connectivity index (χ1n) is 15.7. The lowest BCUT2D eigenvalue weighted by molar-refractivity contribution is -0.182. The lowest BCUT2D eigenvalue weighted by Crippen LogP contribution is -2.63. The molecule has 1 heterocycles. The summed E-state index contributed by atoms with van der Waals surface area (Å²) in [5.74, 6) is -0.742. The second-order valence-electron chi connectivity index (χ2n) is 15.0.